The Morgan fingerprint density at radius 1 is 1.60 bits per heavy atom. The van der Waals surface area contributed by atoms with Crippen LogP contribution in [0.1, 0.15) is 17.7 Å². The summed E-state index contributed by atoms with van der Waals surface area (Å²) in [6, 6.07) is 3.84. The van der Waals surface area contributed by atoms with Gasteiger partial charge in [0, 0.05) is 11.9 Å². The van der Waals surface area contributed by atoms with Crippen LogP contribution in [0.5, 0.6) is 0 Å². The van der Waals surface area contributed by atoms with Gasteiger partial charge in [-0.25, -0.2) is 5.06 Å². The maximum atomic E-state index is 11.7. The first kappa shape index (κ1) is 10.1. The normalized spacial score (nSPS) is 15.7. The summed E-state index contributed by atoms with van der Waals surface area (Å²) >= 11 is 0. The number of carbonyl (C=O) groups excluding carboxylic acids is 1. The SMILES string of the molecule is Cc1ccc(CC(=O)N2CCCO2)cn1. The molecule has 0 aliphatic carbocycles. The van der Waals surface area contributed by atoms with Crippen molar-refractivity contribution in [1.29, 1.82) is 0 Å². The molecule has 4 nitrogen and oxygen atoms in total. The fourth-order valence-corrected chi connectivity index (χ4v) is 1.51. The molecule has 0 saturated carbocycles. The molecule has 1 aliphatic heterocycles. The van der Waals surface area contributed by atoms with Gasteiger partial charge in [-0.1, -0.05) is 6.07 Å². The van der Waals surface area contributed by atoms with Crippen molar-refractivity contribution in [1.82, 2.24) is 10.0 Å². The number of nitrogens with zero attached hydrogens (tertiary/aromatic N) is 2. The smallest absolute Gasteiger partial charge is 0.250 e. The molecule has 1 saturated heterocycles. The predicted octanol–water partition coefficient (Wildman–Crippen LogP) is 1.10. The van der Waals surface area contributed by atoms with Crippen molar-refractivity contribution >= 4 is 5.91 Å². The molecule has 0 atom stereocenters. The van der Waals surface area contributed by atoms with Crippen molar-refractivity contribution in [3.8, 4) is 0 Å². The Bertz CT molecular complexity index is 342. The second kappa shape index (κ2) is 4.40. The highest BCUT2D eigenvalue weighted by Crippen LogP contribution is 2.08. The summed E-state index contributed by atoms with van der Waals surface area (Å²) in [4.78, 5) is 21.0. The maximum Gasteiger partial charge on any atom is 0.250 e. The summed E-state index contributed by atoms with van der Waals surface area (Å²) in [6.07, 6.45) is 3.04. The Morgan fingerprint density at radius 2 is 2.47 bits per heavy atom. The number of hydroxylamine groups is 2. The van der Waals surface area contributed by atoms with Crippen LogP contribution in [0.25, 0.3) is 0 Å². The van der Waals surface area contributed by atoms with Gasteiger partial charge in [-0.05, 0) is 25.0 Å². The zero-order valence-electron chi connectivity index (χ0n) is 8.77. The van der Waals surface area contributed by atoms with Crippen molar-refractivity contribution in [2.75, 3.05) is 13.2 Å². The zero-order valence-corrected chi connectivity index (χ0v) is 8.77. The largest absolute Gasteiger partial charge is 0.272 e. The number of pyridine rings is 1. The van der Waals surface area contributed by atoms with Crippen LogP contribution < -0.4 is 0 Å². The molecule has 2 heterocycles. The van der Waals surface area contributed by atoms with Crippen LogP contribution in [0.2, 0.25) is 0 Å². The minimum absolute atomic E-state index is 0.0122. The van der Waals surface area contributed by atoms with Gasteiger partial charge in [0.15, 0.2) is 0 Å². The van der Waals surface area contributed by atoms with E-state index in [0.29, 0.717) is 19.6 Å². The van der Waals surface area contributed by atoms with E-state index in [9.17, 15) is 4.79 Å². The third-order valence-electron chi connectivity index (χ3n) is 2.36. The number of hydrogen-bond acceptors (Lipinski definition) is 3. The Hall–Kier alpha value is -1.42. The van der Waals surface area contributed by atoms with Crippen LogP contribution >= 0.6 is 0 Å². The Morgan fingerprint density at radius 3 is 3.07 bits per heavy atom. The highest BCUT2D eigenvalue weighted by Gasteiger charge is 2.19. The maximum absolute atomic E-state index is 11.7. The highest BCUT2D eigenvalue weighted by atomic mass is 16.7. The average Bonchev–Trinajstić information content (AvgIpc) is 2.74. The van der Waals surface area contributed by atoms with Crippen molar-refractivity contribution in [3.05, 3.63) is 29.6 Å². The van der Waals surface area contributed by atoms with Gasteiger partial charge in [0.1, 0.15) is 0 Å². The average molecular weight is 206 g/mol. The molecule has 0 spiro atoms. The van der Waals surface area contributed by atoms with E-state index in [-0.39, 0.29) is 5.91 Å². The van der Waals surface area contributed by atoms with Gasteiger partial charge in [0.05, 0.1) is 19.6 Å². The van der Waals surface area contributed by atoms with Crippen LogP contribution in [-0.4, -0.2) is 29.1 Å². The van der Waals surface area contributed by atoms with Crippen molar-refractivity contribution in [3.63, 3.8) is 0 Å². The summed E-state index contributed by atoms with van der Waals surface area (Å²) in [5, 5.41) is 1.44. The Labute approximate surface area is 88.8 Å². The van der Waals surface area contributed by atoms with Crippen LogP contribution in [0.4, 0.5) is 0 Å². The summed E-state index contributed by atoms with van der Waals surface area (Å²) in [7, 11) is 0. The van der Waals surface area contributed by atoms with Crippen molar-refractivity contribution in [2.24, 2.45) is 0 Å². The second-order valence-electron chi connectivity index (χ2n) is 3.67. The van der Waals surface area contributed by atoms with Gasteiger partial charge >= 0.3 is 0 Å². The fourth-order valence-electron chi connectivity index (χ4n) is 1.51. The monoisotopic (exact) mass is 206 g/mol. The Kier molecular flexibility index (Phi) is 2.97. The molecule has 0 bridgehead atoms. The first-order chi connectivity index (χ1) is 7.25. The minimum Gasteiger partial charge on any atom is -0.272 e. The number of carbonyl (C=O) groups is 1. The van der Waals surface area contributed by atoms with E-state index >= 15 is 0 Å². The molecule has 1 aromatic heterocycles. The van der Waals surface area contributed by atoms with Gasteiger partial charge in [-0.3, -0.25) is 14.6 Å². The third-order valence-corrected chi connectivity index (χ3v) is 2.36. The number of amides is 1. The van der Waals surface area contributed by atoms with Crippen LogP contribution in [0.3, 0.4) is 0 Å². The van der Waals surface area contributed by atoms with Gasteiger partial charge < -0.3 is 0 Å². The number of aryl methyl sites for hydroxylation is 1. The molecule has 1 aliphatic rings. The van der Waals surface area contributed by atoms with Crippen LogP contribution in [0, 0.1) is 6.92 Å². The van der Waals surface area contributed by atoms with Gasteiger partial charge in [-0.2, -0.15) is 0 Å². The zero-order chi connectivity index (χ0) is 10.7. The lowest BCUT2D eigenvalue weighted by molar-refractivity contribution is -0.167. The lowest BCUT2D eigenvalue weighted by Gasteiger charge is -2.13. The summed E-state index contributed by atoms with van der Waals surface area (Å²) < 4.78 is 0. The lowest BCUT2D eigenvalue weighted by Crippen LogP contribution is -2.28. The molecular weight excluding hydrogens is 192 g/mol. The number of aromatic nitrogens is 1. The quantitative estimate of drug-likeness (QED) is 0.727. The molecule has 4 heteroatoms. The molecule has 0 unspecified atom stereocenters. The van der Waals surface area contributed by atoms with E-state index in [2.05, 4.69) is 4.98 Å². The summed E-state index contributed by atoms with van der Waals surface area (Å²) in [5.41, 5.74) is 1.89. The minimum atomic E-state index is 0.0122. The molecule has 0 N–H and O–H groups in total. The molecular formula is C11H14N2O2. The first-order valence-electron chi connectivity index (χ1n) is 5.10. The van der Waals surface area contributed by atoms with Crippen molar-refractivity contribution < 1.29 is 9.63 Å². The van der Waals surface area contributed by atoms with E-state index < -0.39 is 0 Å². The molecule has 1 fully saturated rings. The molecule has 80 valence electrons. The first-order valence-corrected chi connectivity index (χ1v) is 5.10. The number of hydrogen-bond donors (Lipinski definition) is 0. The topological polar surface area (TPSA) is 42.4 Å². The molecule has 2 rings (SSSR count). The summed E-state index contributed by atoms with van der Waals surface area (Å²) in [5.74, 6) is 0.0122. The molecule has 15 heavy (non-hydrogen) atoms. The van der Waals surface area contributed by atoms with Gasteiger partial charge in [0.25, 0.3) is 5.91 Å². The van der Waals surface area contributed by atoms with Crippen molar-refractivity contribution in [2.45, 2.75) is 19.8 Å². The highest BCUT2D eigenvalue weighted by molar-refractivity contribution is 5.77. The van der Waals surface area contributed by atoms with Crippen LogP contribution in [-0.2, 0) is 16.1 Å². The fraction of sp³-hybridized carbons (Fsp3) is 0.455. The second-order valence-corrected chi connectivity index (χ2v) is 3.67. The van der Waals surface area contributed by atoms with Gasteiger partial charge in [0.2, 0.25) is 0 Å². The third kappa shape index (κ3) is 2.53. The van der Waals surface area contributed by atoms with Crippen LogP contribution in [0.15, 0.2) is 18.3 Å². The van der Waals surface area contributed by atoms with E-state index in [1.54, 1.807) is 6.20 Å². The Balaban J connectivity index is 1.96. The molecule has 0 radical (unpaired) electrons. The van der Waals surface area contributed by atoms with E-state index in [4.69, 9.17) is 4.84 Å². The lowest BCUT2D eigenvalue weighted by atomic mass is 10.2. The standard InChI is InChI=1S/C11H14N2O2/c1-9-3-4-10(8-12-9)7-11(14)13-5-2-6-15-13/h3-4,8H,2,5-7H2,1H3. The van der Waals surface area contributed by atoms with E-state index in [1.165, 1.54) is 5.06 Å². The number of rotatable bonds is 2. The molecule has 0 aromatic carbocycles. The van der Waals surface area contributed by atoms with Gasteiger partial charge in [-0.15, -0.1) is 0 Å². The summed E-state index contributed by atoms with van der Waals surface area (Å²) in [6.45, 7) is 3.28. The van der Waals surface area contributed by atoms with E-state index in [1.807, 2.05) is 19.1 Å². The molecule has 1 amide bonds. The molecule has 1 aromatic rings. The predicted molar refractivity (Wildman–Crippen MR) is 55.0 cm³/mol. The van der Waals surface area contributed by atoms with E-state index in [0.717, 1.165) is 17.7 Å².